The molecule has 0 aromatic heterocycles. The van der Waals surface area contributed by atoms with E-state index in [1.165, 1.54) is 52.3 Å². The highest BCUT2D eigenvalue weighted by molar-refractivity contribution is 6.05. The lowest BCUT2D eigenvalue weighted by Crippen LogP contribution is -2.47. The SMILES string of the molecule is C=CCN1C(=O)N[C@H](c2ccc(C(F)(F)F)cc2)C2=C1CN([C@@H](Cc1ccccc1)C(=O)Nc1ccc(F)cc1)C2=O. The summed E-state index contributed by atoms with van der Waals surface area (Å²) in [6.45, 7) is 3.65. The molecule has 11 heteroatoms. The number of amides is 4. The van der Waals surface area contributed by atoms with Gasteiger partial charge in [0.15, 0.2) is 0 Å². The lowest BCUT2D eigenvalue weighted by Gasteiger charge is -2.33. The topological polar surface area (TPSA) is 81.8 Å². The first-order valence-electron chi connectivity index (χ1n) is 13.1. The van der Waals surface area contributed by atoms with E-state index in [2.05, 4.69) is 17.2 Å². The molecule has 0 saturated heterocycles. The van der Waals surface area contributed by atoms with Crippen LogP contribution in [0.15, 0.2) is 103 Å². The molecule has 3 aromatic carbocycles. The number of carbonyl (C=O) groups excluding carboxylic acids is 3. The number of halogens is 4. The quantitative estimate of drug-likeness (QED) is 0.276. The molecule has 0 saturated carbocycles. The number of hydrogen-bond acceptors (Lipinski definition) is 3. The molecule has 2 atom stereocenters. The third-order valence-electron chi connectivity index (χ3n) is 7.20. The maximum atomic E-state index is 14.1. The molecule has 5 rings (SSSR count). The van der Waals surface area contributed by atoms with Crippen LogP contribution in [0.3, 0.4) is 0 Å². The van der Waals surface area contributed by atoms with Crippen molar-refractivity contribution in [1.82, 2.24) is 15.1 Å². The fourth-order valence-electron chi connectivity index (χ4n) is 5.14. The van der Waals surface area contributed by atoms with Crippen molar-refractivity contribution in [2.75, 3.05) is 18.4 Å². The Morgan fingerprint density at radius 2 is 1.69 bits per heavy atom. The number of nitrogens with zero attached hydrogens (tertiary/aromatic N) is 2. The van der Waals surface area contributed by atoms with Gasteiger partial charge in [0.1, 0.15) is 11.9 Å². The number of urea groups is 1. The molecule has 7 nitrogen and oxygen atoms in total. The molecule has 0 aliphatic carbocycles. The van der Waals surface area contributed by atoms with Gasteiger partial charge in [-0.25, -0.2) is 9.18 Å². The van der Waals surface area contributed by atoms with E-state index in [0.29, 0.717) is 11.4 Å². The fraction of sp³-hybridized carbons (Fsp3) is 0.194. The van der Waals surface area contributed by atoms with E-state index < -0.39 is 47.5 Å². The zero-order valence-electron chi connectivity index (χ0n) is 22.2. The second-order valence-corrected chi connectivity index (χ2v) is 9.90. The van der Waals surface area contributed by atoms with Crippen molar-refractivity contribution in [3.05, 3.63) is 125 Å². The summed E-state index contributed by atoms with van der Waals surface area (Å²) in [7, 11) is 0. The van der Waals surface area contributed by atoms with Gasteiger partial charge in [0.2, 0.25) is 5.91 Å². The van der Waals surface area contributed by atoms with Gasteiger partial charge in [-0.1, -0.05) is 48.5 Å². The van der Waals surface area contributed by atoms with Crippen LogP contribution in [-0.2, 0) is 22.2 Å². The predicted octanol–water partition coefficient (Wildman–Crippen LogP) is 5.44. The number of carbonyl (C=O) groups is 3. The Bertz CT molecular complexity index is 1540. The van der Waals surface area contributed by atoms with E-state index >= 15 is 0 Å². The minimum atomic E-state index is -4.55. The Morgan fingerprint density at radius 1 is 1.02 bits per heavy atom. The zero-order valence-corrected chi connectivity index (χ0v) is 22.2. The van der Waals surface area contributed by atoms with Crippen molar-refractivity contribution in [1.29, 1.82) is 0 Å². The second-order valence-electron chi connectivity index (χ2n) is 9.90. The first kappa shape index (κ1) is 28.6. The monoisotopic (exact) mass is 578 g/mol. The van der Waals surface area contributed by atoms with Crippen LogP contribution in [0.1, 0.15) is 22.7 Å². The Kier molecular flexibility index (Phi) is 7.84. The van der Waals surface area contributed by atoms with Crippen molar-refractivity contribution in [2.45, 2.75) is 24.7 Å². The molecule has 2 heterocycles. The maximum absolute atomic E-state index is 14.1. The van der Waals surface area contributed by atoms with Gasteiger partial charge >= 0.3 is 12.2 Å². The van der Waals surface area contributed by atoms with Gasteiger partial charge in [-0.3, -0.25) is 14.5 Å². The Balaban J connectivity index is 1.51. The van der Waals surface area contributed by atoms with Crippen LogP contribution in [0, 0.1) is 5.82 Å². The zero-order chi connectivity index (χ0) is 30.0. The van der Waals surface area contributed by atoms with Crippen LogP contribution in [0.4, 0.5) is 28.0 Å². The summed E-state index contributed by atoms with van der Waals surface area (Å²) in [6.07, 6.45) is -2.94. The summed E-state index contributed by atoms with van der Waals surface area (Å²) in [5.74, 6) is -1.55. The summed E-state index contributed by atoms with van der Waals surface area (Å²) in [6, 6.07) is 15.8. The van der Waals surface area contributed by atoms with E-state index in [9.17, 15) is 31.9 Å². The largest absolute Gasteiger partial charge is 0.416 e. The standard InChI is InChI=1S/C31H26F4N4O3/c1-2-16-38-25-18-39(24(17-19-6-4-3-5-7-19)28(40)36-23-14-12-22(32)13-15-23)29(41)26(25)27(37-30(38)42)20-8-10-21(11-9-20)31(33,34)35/h2-15,24,27H,1,16-18H2,(H,36,40)(H,37,42)/t24-,27+/m0/s1. The molecule has 2 aliphatic rings. The Morgan fingerprint density at radius 3 is 2.31 bits per heavy atom. The second kappa shape index (κ2) is 11.5. The third-order valence-corrected chi connectivity index (χ3v) is 7.20. The molecule has 2 N–H and O–H groups in total. The summed E-state index contributed by atoms with van der Waals surface area (Å²) in [5, 5.41) is 5.47. The van der Waals surface area contributed by atoms with E-state index in [0.717, 1.165) is 17.7 Å². The van der Waals surface area contributed by atoms with E-state index in [4.69, 9.17) is 0 Å². The van der Waals surface area contributed by atoms with Crippen molar-refractivity contribution >= 4 is 23.5 Å². The molecule has 0 spiro atoms. The highest BCUT2D eigenvalue weighted by atomic mass is 19.4. The number of nitrogens with one attached hydrogen (secondary N) is 2. The number of rotatable bonds is 8. The van der Waals surface area contributed by atoms with Crippen LogP contribution >= 0.6 is 0 Å². The van der Waals surface area contributed by atoms with Gasteiger partial charge in [0, 0.05) is 18.7 Å². The molecule has 216 valence electrons. The van der Waals surface area contributed by atoms with Gasteiger partial charge in [-0.2, -0.15) is 13.2 Å². The number of benzene rings is 3. The number of hydrogen-bond donors (Lipinski definition) is 2. The first-order valence-corrected chi connectivity index (χ1v) is 13.1. The van der Waals surface area contributed by atoms with Crippen LogP contribution in [0.25, 0.3) is 0 Å². The van der Waals surface area contributed by atoms with Crippen LogP contribution < -0.4 is 10.6 Å². The van der Waals surface area contributed by atoms with Gasteiger partial charge in [0.25, 0.3) is 5.91 Å². The van der Waals surface area contributed by atoms with Crippen molar-refractivity contribution in [3.8, 4) is 0 Å². The summed E-state index contributed by atoms with van der Waals surface area (Å²) >= 11 is 0. The Hall–Kier alpha value is -4.93. The van der Waals surface area contributed by atoms with Gasteiger partial charge in [0.05, 0.1) is 29.4 Å². The highest BCUT2D eigenvalue weighted by Gasteiger charge is 2.47. The molecular formula is C31H26F4N4O3. The van der Waals surface area contributed by atoms with Gasteiger partial charge in [-0.05, 0) is 47.5 Å². The molecule has 0 fully saturated rings. The summed E-state index contributed by atoms with van der Waals surface area (Å²) < 4.78 is 53.0. The number of anilines is 1. The predicted molar refractivity (Wildman–Crippen MR) is 147 cm³/mol. The van der Waals surface area contributed by atoms with E-state index in [1.807, 2.05) is 18.2 Å². The minimum absolute atomic E-state index is 0.0661. The average molecular weight is 579 g/mol. The fourth-order valence-corrected chi connectivity index (χ4v) is 5.14. The molecule has 42 heavy (non-hydrogen) atoms. The van der Waals surface area contributed by atoms with Crippen LogP contribution in [0.2, 0.25) is 0 Å². The molecule has 0 bridgehead atoms. The smallest absolute Gasteiger partial charge is 0.326 e. The maximum Gasteiger partial charge on any atom is 0.416 e. The normalized spacial score (nSPS) is 17.6. The van der Waals surface area contributed by atoms with Crippen molar-refractivity contribution in [3.63, 3.8) is 0 Å². The molecule has 4 amide bonds. The van der Waals surface area contributed by atoms with Crippen molar-refractivity contribution in [2.24, 2.45) is 0 Å². The molecule has 0 unspecified atom stereocenters. The number of alkyl halides is 3. The van der Waals surface area contributed by atoms with Crippen LogP contribution in [0.5, 0.6) is 0 Å². The molecule has 3 aromatic rings. The van der Waals surface area contributed by atoms with Crippen LogP contribution in [-0.4, -0.2) is 46.8 Å². The highest BCUT2D eigenvalue weighted by Crippen LogP contribution is 2.38. The van der Waals surface area contributed by atoms with E-state index in [-0.39, 0.29) is 30.6 Å². The molecule has 2 aliphatic heterocycles. The third kappa shape index (κ3) is 5.76. The average Bonchev–Trinajstić information content (AvgIpc) is 3.31. The first-order chi connectivity index (χ1) is 20.1. The lowest BCUT2D eigenvalue weighted by atomic mass is 9.94. The minimum Gasteiger partial charge on any atom is -0.326 e. The van der Waals surface area contributed by atoms with Crippen molar-refractivity contribution < 1.29 is 31.9 Å². The Labute approximate surface area is 239 Å². The van der Waals surface area contributed by atoms with Gasteiger partial charge < -0.3 is 15.5 Å². The van der Waals surface area contributed by atoms with E-state index in [1.54, 1.807) is 12.1 Å². The van der Waals surface area contributed by atoms with Gasteiger partial charge in [-0.15, -0.1) is 6.58 Å². The molecule has 0 radical (unpaired) electrons. The lowest BCUT2D eigenvalue weighted by molar-refractivity contribution is -0.137. The summed E-state index contributed by atoms with van der Waals surface area (Å²) in [4.78, 5) is 43.6. The molecular weight excluding hydrogens is 552 g/mol. The summed E-state index contributed by atoms with van der Waals surface area (Å²) in [5.41, 5.74) is 1.01.